The van der Waals surface area contributed by atoms with Crippen molar-refractivity contribution in [3.8, 4) is 21.3 Å². The molecule has 2 rings (SSSR count). The predicted octanol–water partition coefficient (Wildman–Crippen LogP) is 8.49. The summed E-state index contributed by atoms with van der Waals surface area (Å²) in [6, 6.07) is 4.78. The molecule has 0 aliphatic heterocycles. The zero-order valence-electron chi connectivity index (χ0n) is 21.9. The van der Waals surface area contributed by atoms with E-state index in [0.29, 0.717) is 0 Å². The second kappa shape index (κ2) is 13.6. The topological polar surface area (TPSA) is 18.5 Å². The first-order chi connectivity index (χ1) is 15.1. The van der Waals surface area contributed by atoms with Crippen molar-refractivity contribution < 1.29 is 9.47 Å². The van der Waals surface area contributed by atoms with E-state index in [9.17, 15) is 0 Å². The Morgan fingerprint density at radius 3 is 1.28 bits per heavy atom. The van der Waals surface area contributed by atoms with Gasteiger partial charge in [0.1, 0.15) is 0 Å². The fraction of sp³-hybridized carbons (Fsp3) is 0.692. The maximum atomic E-state index is 6.43. The SMILES string of the molecule is CCCCCCOc1c[c]([Sn]([CH3])([CH3])[CH3])sc1-c1s[c]([Sn]([CH3])([CH3])[CH3])cc1OCCCCCC. The fourth-order valence-electron chi connectivity index (χ4n) is 3.44. The Bertz CT molecular complexity index is 745. The van der Waals surface area contributed by atoms with Gasteiger partial charge in [0.15, 0.2) is 0 Å². The van der Waals surface area contributed by atoms with Crippen molar-refractivity contribution in [2.75, 3.05) is 13.2 Å². The molecule has 2 nitrogen and oxygen atoms in total. The van der Waals surface area contributed by atoms with Gasteiger partial charge >= 0.3 is 216 Å². The van der Waals surface area contributed by atoms with E-state index in [1.54, 1.807) is 5.79 Å². The van der Waals surface area contributed by atoms with Crippen molar-refractivity contribution >= 4 is 65.2 Å². The number of ether oxygens (including phenoxy) is 2. The Labute approximate surface area is 214 Å². The molecule has 0 aliphatic carbocycles. The fourth-order valence-corrected chi connectivity index (χ4v) is 16.1. The van der Waals surface area contributed by atoms with E-state index in [1.807, 2.05) is 22.7 Å². The monoisotopic (exact) mass is 694 g/mol. The van der Waals surface area contributed by atoms with Crippen molar-refractivity contribution in [2.45, 2.75) is 94.9 Å². The molecule has 0 atom stereocenters. The molecule has 2 heterocycles. The van der Waals surface area contributed by atoms with Crippen molar-refractivity contribution in [2.24, 2.45) is 0 Å². The second-order valence-corrected chi connectivity index (χ2v) is 43.9. The van der Waals surface area contributed by atoms with E-state index in [0.717, 1.165) is 37.6 Å². The second-order valence-electron chi connectivity index (χ2n) is 10.9. The van der Waals surface area contributed by atoms with Crippen LogP contribution in [0, 0.1) is 0 Å². The molecule has 0 N–H and O–H groups in total. The summed E-state index contributed by atoms with van der Waals surface area (Å²) < 4.78 is 16.1. The summed E-state index contributed by atoms with van der Waals surface area (Å²) in [5.41, 5.74) is 0. The Hall–Kier alpha value is 0.597. The zero-order valence-corrected chi connectivity index (χ0v) is 29.2. The first kappa shape index (κ1) is 28.8. The van der Waals surface area contributed by atoms with Crippen molar-refractivity contribution in [1.29, 1.82) is 0 Å². The standard InChI is InChI=1S/C20H28O2S2.6CH3.2Sn/c1-3-5-7-9-13-21-17-11-15-23-19(17)20-18(12-16-24-20)22-14-10-8-6-4-2;;;;;;;;/h11-12H,3-10,13-14H2,1-2H3;6*1H3;;. The molecule has 6 heteroatoms. The van der Waals surface area contributed by atoms with Gasteiger partial charge in [0.2, 0.25) is 0 Å². The normalized spacial score (nSPS) is 12.4. The first-order valence-corrected chi connectivity index (χ1v) is 34.2. The van der Waals surface area contributed by atoms with Gasteiger partial charge < -0.3 is 0 Å². The van der Waals surface area contributed by atoms with Gasteiger partial charge in [-0.1, -0.05) is 0 Å². The molecule has 0 fully saturated rings. The van der Waals surface area contributed by atoms with E-state index in [2.05, 4.69) is 55.6 Å². The molecule has 0 unspecified atom stereocenters. The third-order valence-corrected chi connectivity index (χ3v) is 26.8. The average molecular weight is 692 g/mol. The minimum absolute atomic E-state index is 0.826. The molecule has 0 aromatic carbocycles. The number of hydrogen-bond donors (Lipinski definition) is 0. The zero-order chi connectivity index (χ0) is 23.8. The van der Waals surface area contributed by atoms with Crippen LogP contribution in [-0.2, 0) is 0 Å². The number of rotatable bonds is 15. The molecule has 2 aromatic heterocycles. The van der Waals surface area contributed by atoms with Gasteiger partial charge in [-0.05, 0) is 0 Å². The van der Waals surface area contributed by atoms with E-state index in [4.69, 9.17) is 9.47 Å². The van der Waals surface area contributed by atoms with Gasteiger partial charge in [0, 0.05) is 0 Å². The van der Waals surface area contributed by atoms with Crippen LogP contribution < -0.4 is 15.3 Å². The molecule has 0 bridgehead atoms. The molecule has 0 saturated heterocycles. The number of hydrogen-bond acceptors (Lipinski definition) is 4. The summed E-state index contributed by atoms with van der Waals surface area (Å²) in [4.78, 5) is 17.7. The molecular formula is C26H46O2S2Sn2. The quantitative estimate of drug-likeness (QED) is 0.138. The van der Waals surface area contributed by atoms with Crippen LogP contribution in [0.2, 0.25) is 29.6 Å². The minimum atomic E-state index is -2.19. The summed E-state index contributed by atoms with van der Waals surface area (Å²) in [6.45, 7) is 6.18. The van der Waals surface area contributed by atoms with Gasteiger partial charge in [-0.3, -0.25) is 0 Å². The molecular weight excluding hydrogens is 646 g/mol. The summed E-state index contributed by atoms with van der Waals surface area (Å²) in [5.74, 6) is 2.22. The van der Waals surface area contributed by atoms with Crippen LogP contribution in [0.3, 0.4) is 0 Å². The molecule has 0 amide bonds. The van der Waals surface area contributed by atoms with Crippen molar-refractivity contribution in [1.82, 2.24) is 0 Å². The van der Waals surface area contributed by atoms with Crippen LogP contribution in [0.4, 0.5) is 0 Å². The summed E-state index contributed by atoms with van der Waals surface area (Å²) in [6.07, 6.45) is 9.94. The first-order valence-electron chi connectivity index (χ1n) is 12.6. The predicted molar refractivity (Wildman–Crippen MR) is 153 cm³/mol. The average Bonchev–Trinajstić information content (AvgIpc) is 3.31. The van der Waals surface area contributed by atoms with Crippen molar-refractivity contribution in [3.63, 3.8) is 0 Å². The molecule has 0 saturated carbocycles. The van der Waals surface area contributed by atoms with Crippen LogP contribution in [-0.4, -0.2) is 50.0 Å². The number of thiophene rings is 2. The molecule has 32 heavy (non-hydrogen) atoms. The summed E-state index contributed by atoms with van der Waals surface area (Å²) in [7, 11) is 0. The summed E-state index contributed by atoms with van der Waals surface area (Å²) >= 11 is -0.392. The maximum absolute atomic E-state index is 6.43. The Balaban J connectivity index is 2.34. The third-order valence-electron chi connectivity index (χ3n) is 5.59. The van der Waals surface area contributed by atoms with E-state index in [1.165, 1.54) is 48.3 Å². The summed E-state index contributed by atoms with van der Waals surface area (Å²) in [5, 5.41) is 0. The van der Waals surface area contributed by atoms with Gasteiger partial charge in [0.25, 0.3) is 0 Å². The van der Waals surface area contributed by atoms with Gasteiger partial charge in [-0.2, -0.15) is 0 Å². The molecule has 0 spiro atoms. The molecule has 2 aromatic rings. The molecule has 0 radical (unpaired) electrons. The van der Waals surface area contributed by atoms with Gasteiger partial charge in [-0.15, -0.1) is 0 Å². The number of unbranched alkanes of at least 4 members (excludes halogenated alkanes) is 6. The van der Waals surface area contributed by atoms with Gasteiger partial charge in [0.05, 0.1) is 0 Å². The van der Waals surface area contributed by atoms with Crippen molar-refractivity contribution in [3.05, 3.63) is 12.1 Å². The van der Waals surface area contributed by atoms with Crippen LogP contribution in [0.5, 0.6) is 11.5 Å². The van der Waals surface area contributed by atoms with Crippen LogP contribution >= 0.6 is 22.7 Å². The van der Waals surface area contributed by atoms with Gasteiger partial charge in [-0.25, -0.2) is 0 Å². The van der Waals surface area contributed by atoms with E-state index in [-0.39, 0.29) is 0 Å². The van der Waals surface area contributed by atoms with E-state index < -0.39 is 36.8 Å². The van der Waals surface area contributed by atoms with Crippen LogP contribution in [0.15, 0.2) is 12.1 Å². The molecule has 0 aliphatic rings. The molecule has 182 valence electrons. The Morgan fingerprint density at radius 2 is 0.969 bits per heavy atom. The Morgan fingerprint density at radius 1 is 0.594 bits per heavy atom. The van der Waals surface area contributed by atoms with Crippen LogP contribution in [0.1, 0.15) is 65.2 Å². The Kier molecular flexibility index (Phi) is 12.3. The third kappa shape index (κ3) is 8.99. The van der Waals surface area contributed by atoms with E-state index >= 15 is 0 Å². The van der Waals surface area contributed by atoms with Crippen LogP contribution in [0.25, 0.3) is 9.75 Å².